The van der Waals surface area contributed by atoms with Crippen molar-refractivity contribution in [1.29, 1.82) is 0 Å². The normalized spacial score (nSPS) is 19.3. The van der Waals surface area contributed by atoms with E-state index in [2.05, 4.69) is 29.1 Å². The molecule has 0 saturated carbocycles. The molecular formula is C17H21N3OS. The average molecular weight is 315 g/mol. The molecule has 0 N–H and O–H groups in total. The number of amides is 1. The molecule has 0 aliphatic carbocycles. The highest BCUT2D eigenvalue weighted by molar-refractivity contribution is 7.09. The number of thiazole rings is 1. The molecule has 116 valence electrons. The second kappa shape index (κ2) is 7.03. The molecule has 5 heteroatoms. The Hall–Kier alpha value is -1.72. The highest BCUT2D eigenvalue weighted by atomic mass is 32.1. The third-order valence-electron chi connectivity index (χ3n) is 4.12. The number of nitrogens with zero attached hydrogens (tertiary/aromatic N) is 3. The van der Waals surface area contributed by atoms with Crippen LogP contribution in [0.25, 0.3) is 0 Å². The lowest BCUT2D eigenvalue weighted by atomic mass is 10.0. The standard InChI is InChI=1S/C17H21N3OS/c1-19-10-11-20(15(13-19)14-5-3-2-4-6-14)17(21)8-7-16-18-9-12-22-16/h2-6,9,12,15H,7-8,10-11,13H2,1H3/t15-/m1/s1. The molecule has 1 fully saturated rings. The Morgan fingerprint density at radius 1 is 1.32 bits per heavy atom. The van der Waals surface area contributed by atoms with Crippen LogP contribution in [0.1, 0.15) is 23.0 Å². The fourth-order valence-electron chi connectivity index (χ4n) is 2.91. The first-order chi connectivity index (χ1) is 10.7. The number of rotatable bonds is 4. The fraction of sp³-hybridized carbons (Fsp3) is 0.412. The molecular weight excluding hydrogens is 294 g/mol. The maximum Gasteiger partial charge on any atom is 0.223 e. The molecule has 2 heterocycles. The summed E-state index contributed by atoms with van der Waals surface area (Å²) in [6.07, 6.45) is 3.08. The molecule has 3 rings (SSSR count). The number of aromatic nitrogens is 1. The van der Waals surface area contributed by atoms with Gasteiger partial charge in [-0.1, -0.05) is 30.3 Å². The van der Waals surface area contributed by atoms with E-state index in [0.717, 1.165) is 31.1 Å². The van der Waals surface area contributed by atoms with E-state index in [1.807, 2.05) is 28.5 Å². The van der Waals surface area contributed by atoms with E-state index < -0.39 is 0 Å². The van der Waals surface area contributed by atoms with E-state index in [1.54, 1.807) is 17.5 Å². The number of carbonyl (C=O) groups is 1. The molecule has 0 radical (unpaired) electrons. The molecule has 0 bridgehead atoms. The van der Waals surface area contributed by atoms with Crippen LogP contribution in [0.4, 0.5) is 0 Å². The summed E-state index contributed by atoms with van der Waals surface area (Å²) in [5.74, 6) is 0.233. The van der Waals surface area contributed by atoms with Gasteiger partial charge in [0.15, 0.2) is 0 Å². The lowest BCUT2D eigenvalue weighted by Gasteiger charge is -2.40. The van der Waals surface area contributed by atoms with Gasteiger partial charge in [0.2, 0.25) is 5.91 Å². The Bertz CT molecular complexity index is 600. The van der Waals surface area contributed by atoms with Crippen LogP contribution in [0.3, 0.4) is 0 Å². The monoisotopic (exact) mass is 315 g/mol. The van der Waals surface area contributed by atoms with Crippen molar-refractivity contribution in [2.75, 3.05) is 26.7 Å². The molecule has 2 aromatic rings. The summed E-state index contributed by atoms with van der Waals surface area (Å²) in [6, 6.07) is 10.5. The van der Waals surface area contributed by atoms with Gasteiger partial charge in [-0.15, -0.1) is 11.3 Å². The minimum atomic E-state index is 0.156. The maximum atomic E-state index is 12.7. The van der Waals surface area contributed by atoms with Gasteiger partial charge in [-0.05, 0) is 12.6 Å². The number of aryl methyl sites for hydroxylation is 1. The summed E-state index contributed by atoms with van der Waals surface area (Å²) in [5, 5.41) is 3.00. The van der Waals surface area contributed by atoms with Crippen molar-refractivity contribution >= 4 is 17.2 Å². The minimum Gasteiger partial charge on any atom is -0.333 e. The largest absolute Gasteiger partial charge is 0.333 e. The molecule has 1 atom stereocenters. The van der Waals surface area contributed by atoms with Gasteiger partial charge in [0.1, 0.15) is 0 Å². The number of carbonyl (C=O) groups excluding carboxylic acids is 1. The smallest absolute Gasteiger partial charge is 0.223 e. The van der Waals surface area contributed by atoms with E-state index in [4.69, 9.17) is 0 Å². The first-order valence-electron chi connectivity index (χ1n) is 7.65. The molecule has 1 amide bonds. The summed E-state index contributed by atoms with van der Waals surface area (Å²) in [5.41, 5.74) is 1.22. The van der Waals surface area contributed by atoms with Crippen LogP contribution in [0.2, 0.25) is 0 Å². The second-order valence-corrected chi connectivity index (χ2v) is 6.68. The Morgan fingerprint density at radius 3 is 2.86 bits per heavy atom. The van der Waals surface area contributed by atoms with Crippen molar-refractivity contribution < 1.29 is 4.79 Å². The molecule has 1 aromatic carbocycles. The molecule has 0 unspecified atom stereocenters. The van der Waals surface area contributed by atoms with E-state index in [-0.39, 0.29) is 11.9 Å². The molecule has 0 spiro atoms. The molecule has 1 aliphatic rings. The van der Waals surface area contributed by atoms with Crippen LogP contribution in [0.15, 0.2) is 41.9 Å². The van der Waals surface area contributed by atoms with Crippen molar-refractivity contribution in [3.63, 3.8) is 0 Å². The first kappa shape index (κ1) is 15.2. The number of hydrogen-bond donors (Lipinski definition) is 0. The van der Waals surface area contributed by atoms with E-state index in [0.29, 0.717) is 6.42 Å². The number of hydrogen-bond acceptors (Lipinski definition) is 4. The van der Waals surface area contributed by atoms with Crippen LogP contribution in [0.5, 0.6) is 0 Å². The van der Waals surface area contributed by atoms with Gasteiger partial charge < -0.3 is 9.80 Å². The zero-order valence-electron chi connectivity index (χ0n) is 12.8. The Labute approximate surface area is 135 Å². The Morgan fingerprint density at radius 2 is 2.14 bits per heavy atom. The van der Waals surface area contributed by atoms with Gasteiger partial charge in [-0.2, -0.15) is 0 Å². The highest BCUT2D eigenvalue weighted by Crippen LogP contribution is 2.25. The van der Waals surface area contributed by atoms with Gasteiger partial charge in [-0.3, -0.25) is 4.79 Å². The van der Waals surface area contributed by atoms with E-state index >= 15 is 0 Å². The van der Waals surface area contributed by atoms with Crippen molar-refractivity contribution in [1.82, 2.24) is 14.8 Å². The van der Waals surface area contributed by atoms with Crippen molar-refractivity contribution in [2.24, 2.45) is 0 Å². The SMILES string of the molecule is CN1CCN(C(=O)CCc2nccs2)[C@@H](c2ccccc2)C1. The maximum absolute atomic E-state index is 12.7. The van der Waals surface area contributed by atoms with E-state index in [9.17, 15) is 4.79 Å². The molecule has 1 saturated heterocycles. The van der Waals surface area contributed by atoms with Gasteiger partial charge in [-0.25, -0.2) is 4.98 Å². The minimum absolute atomic E-state index is 0.156. The first-order valence-corrected chi connectivity index (χ1v) is 8.53. The van der Waals surface area contributed by atoms with Crippen LogP contribution in [0, 0.1) is 0 Å². The fourth-order valence-corrected chi connectivity index (χ4v) is 3.53. The van der Waals surface area contributed by atoms with Gasteiger partial charge in [0.25, 0.3) is 0 Å². The third-order valence-corrected chi connectivity index (χ3v) is 4.96. The second-order valence-electron chi connectivity index (χ2n) is 5.70. The zero-order chi connectivity index (χ0) is 15.4. The van der Waals surface area contributed by atoms with Crippen molar-refractivity contribution in [3.05, 3.63) is 52.5 Å². The Balaban J connectivity index is 1.70. The predicted octanol–water partition coefficient (Wildman–Crippen LogP) is 2.59. The van der Waals surface area contributed by atoms with Gasteiger partial charge >= 0.3 is 0 Å². The predicted molar refractivity (Wildman–Crippen MR) is 88.8 cm³/mol. The number of benzene rings is 1. The summed E-state index contributed by atoms with van der Waals surface area (Å²) in [4.78, 5) is 21.3. The lowest BCUT2D eigenvalue weighted by molar-refractivity contribution is -0.136. The molecule has 4 nitrogen and oxygen atoms in total. The van der Waals surface area contributed by atoms with Crippen LogP contribution in [-0.4, -0.2) is 47.4 Å². The molecule has 22 heavy (non-hydrogen) atoms. The summed E-state index contributed by atoms with van der Waals surface area (Å²) in [7, 11) is 2.12. The summed E-state index contributed by atoms with van der Waals surface area (Å²) < 4.78 is 0. The Kier molecular flexibility index (Phi) is 4.85. The van der Waals surface area contributed by atoms with Gasteiger partial charge in [0.05, 0.1) is 11.0 Å². The lowest BCUT2D eigenvalue weighted by Crippen LogP contribution is -2.49. The quantitative estimate of drug-likeness (QED) is 0.870. The van der Waals surface area contributed by atoms with Gasteiger partial charge in [0, 0.05) is 44.1 Å². The molecule has 1 aromatic heterocycles. The topological polar surface area (TPSA) is 36.4 Å². The third kappa shape index (κ3) is 3.54. The van der Waals surface area contributed by atoms with Crippen molar-refractivity contribution in [3.8, 4) is 0 Å². The van der Waals surface area contributed by atoms with E-state index in [1.165, 1.54) is 5.56 Å². The number of piperazine rings is 1. The summed E-state index contributed by atoms with van der Waals surface area (Å²) in [6.45, 7) is 2.63. The summed E-state index contributed by atoms with van der Waals surface area (Å²) >= 11 is 1.62. The highest BCUT2D eigenvalue weighted by Gasteiger charge is 2.29. The number of likely N-dealkylation sites (N-methyl/N-ethyl adjacent to an activating group) is 1. The van der Waals surface area contributed by atoms with Crippen LogP contribution in [-0.2, 0) is 11.2 Å². The van der Waals surface area contributed by atoms with Crippen molar-refractivity contribution in [2.45, 2.75) is 18.9 Å². The van der Waals surface area contributed by atoms with Crippen LogP contribution < -0.4 is 0 Å². The molecule has 1 aliphatic heterocycles. The zero-order valence-corrected chi connectivity index (χ0v) is 13.6. The average Bonchev–Trinajstić information content (AvgIpc) is 3.07. The van der Waals surface area contributed by atoms with Crippen LogP contribution >= 0.6 is 11.3 Å².